The summed E-state index contributed by atoms with van der Waals surface area (Å²) in [6, 6.07) is 8.30. The minimum atomic E-state index is -0.682. The Labute approximate surface area is 133 Å². The van der Waals surface area contributed by atoms with Crippen molar-refractivity contribution in [1.29, 1.82) is 0 Å². The van der Waals surface area contributed by atoms with Gasteiger partial charge in [0.1, 0.15) is 12.2 Å². The number of fused-ring (bicyclic) bond motifs is 1. The van der Waals surface area contributed by atoms with E-state index in [1.165, 1.54) is 11.5 Å². The molecule has 22 heavy (non-hydrogen) atoms. The molecule has 2 aliphatic rings. The van der Waals surface area contributed by atoms with E-state index in [-0.39, 0.29) is 17.8 Å². The second-order valence-electron chi connectivity index (χ2n) is 6.34. The Morgan fingerprint density at radius 3 is 2.91 bits per heavy atom. The van der Waals surface area contributed by atoms with E-state index in [0.29, 0.717) is 6.42 Å². The molecule has 1 aromatic heterocycles. The molecule has 1 saturated carbocycles. The molecule has 1 saturated heterocycles. The van der Waals surface area contributed by atoms with Gasteiger partial charge in [0.05, 0.1) is 0 Å². The van der Waals surface area contributed by atoms with E-state index in [2.05, 4.69) is 22.6 Å². The summed E-state index contributed by atoms with van der Waals surface area (Å²) in [7, 11) is 0. The van der Waals surface area contributed by atoms with Gasteiger partial charge in [-0.25, -0.2) is 4.37 Å². The van der Waals surface area contributed by atoms with Crippen LogP contribution in [0.4, 0.5) is 0 Å². The highest BCUT2D eigenvalue weighted by Crippen LogP contribution is 2.44. The molecule has 2 heterocycles. The van der Waals surface area contributed by atoms with E-state index in [4.69, 9.17) is 9.47 Å². The number of carbonyl (C=O) groups is 1. The van der Waals surface area contributed by atoms with Crippen molar-refractivity contribution < 1.29 is 14.3 Å². The van der Waals surface area contributed by atoms with Crippen LogP contribution in [0.5, 0.6) is 0 Å². The Morgan fingerprint density at radius 1 is 1.27 bits per heavy atom. The zero-order valence-corrected chi connectivity index (χ0v) is 13.3. The third kappa shape index (κ3) is 2.29. The molecule has 2 aromatic rings. The summed E-state index contributed by atoms with van der Waals surface area (Å²) < 4.78 is 15.9. The van der Waals surface area contributed by atoms with Crippen molar-refractivity contribution in [3.05, 3.63) is 41.4 Å². The van der Waals surface area contributed by atoms with Crippen LogP contribution < -0.4 is 0 Å². The molecule has 4 rings (SSSR count). The lowest BCUT2D eigenvalue weighted by atomic mass is 9.93. The highest BCUT2D eigenvalue weighted by Gasteiger charge is 2.53. The van der Waals surface area contributed by atoms with Crippen LogP contribution in [0.15, 0.2) is 35.8 Å². The number of rotatable bonds is 2. The third-order valence-electron chi connectivity index (χ3n) is 4.34. The molecule has 0 bridgehead atoms. The lowest BCUT2D eigenvalue weighted by Crippen LogP contribution is -2.25. The Kier molecular flexibility index (Phi) is 3.18. The van der Waals surface area contributed by atoms with Crippen LogP contribution in [0.2, 0.25) is 0 Å². The van der Waals surface area contributed by atoms with E-state index in [1.54, 1.807) is 0 Å². The SMILES string of the molecule is CC1(C)O[C@@H]2[C@@H](c3cccc(-c4cnsc4)c3)CC(=O)[C@@H]2O1. The molecule has 2 fully saturated rings. The number of nitrogens with zero attached hydrogens (tertiary/aromatic N) is 1. The number of hydrogen-bond acceptors (Lipinski definition) is 5. The molecule has 114 valence electrons. The van der Waals surface area contributed by atoms with Gasteiger partial charge in [-0.15, -0.1) is 0 Å². The summed E-state index contributed by atoms with van der Waals surface area (Å²) in [6.45, 7) is 3.73. The molecule has 1 aromatic carbocycles. The Morgan fingerprint density at radius 2 is 2.14 bits per heavy atom. The number of aromatic nitrogens is 1. The van der Waals surface area contributed by atoms with Gasteiger partial charge in [-0.05, 0) is 36.5 Å². The Bertz CT molecular complexity index is 710. The second kappa shape index (κ2) is 4.98. The quantitative estimate of drug-likeness (QED) is 0.852. The van der Waals surface area contributed by atoms with Crippen LogP contribution in [0.3, 0.4) is 0 Å². The average Bonchev–Trinajstić information content (AvgIpc) is 3.17. The predicted molar refractivity (Wildman–Crippen MR) is 83.7 cm³/mol. The molecule has 0 spiro atoms. The highest BCUT2D eigenvalue weighted by molar-refractivity contribution is 7.03. The van der Waals surface area contributed by atoms with Crippen molar-refractivity contribution in [2.24, 2.45) is 0 Å². The first kappa shape index (κ1) is 14.1. The van der Waals surface area contributed by atoms with Gasteiger partial charge >= 0.3 is 0 Å². The Balaban J connectivity index is 1.68. The highest BCUT2D eigenvalue weighted by atomic mass is 32.1. The van der Waals surface area contributed by atoms with Crippen molar-refractivity contribution in [2.75, 3.05) is 0 Å². The lowest BCUT2D eigenvalue weighted by Gasteiger charge is -2.21. The number of benzene rings is 1. The number of ketones is 1. The average molecular weight is 315 g/mol. The van der Waals surface area contributed by atoms with Crippen molar-refractivity contribution >= 4 is 17.3 Å². The summed E-state index contributed by atoms with van der Waals surface area (Å²) in [5, 5.41) is 2.03. The maximum absolute atomic E-state index is 12.2. The van der Waals surface area contributed by atoms with Gasteiger partial charge < -0.3 is 9.47 Å². The standard InChI is InChI=1S/C17H17NO3S/c1-17(2)20-15-13(7-14(19)16(15)21-17)11-5-3-4-10(6-11)12-8-18-22-9-12/h3-6,8-9,13,15-16H,7H2,1-2H3/t13-,15-,16+/m1/s1. The number of ether oxygens (including phenoxy) is 2. The largest absolute Gasteiger partial charge is 0.343 e. The number of Topliss-reactive ketones (excluding diaryl/α,β-unsaturated/α-hetero) is 1. The summed E-state index contributed by atoms with van der Waals surface area (Å²) in [4.78, 5) is 12.2. The minimum Gasteiger partial charge on any atom is -0.343 e. The van der Waals surface area contributed by atoms with Crippen molar-refractivity contribution in [3.8, 4) is 11.1 Å². The lowest BCUT2D eigenvalue weighted by molar-refractivity contribution is -0.160. The van der Waals surface area contributed by atoms with Crippen LogP contribution in [-0.2, 0) is 14.3 Å². The van der Waals surface area contributed by atoms with Gasteiger partial charge in [0.15, 0.2) is 11.6 Å². The van der Waals surface area contributed by atoms with Crippen LogP contribution in [0.25, 0.3) is 11.1 Å². The van der Waals surface area contributed by atoms with Gasteiger partial charge in [0.25, 0.3) is 0 Å². The molecule has 0 unspecified atom stereocenters. The third-order valence-corrected chi connectivity index (χ3v) is 4.93. The second-order valence-corrected chi connectivity index (χ2v) is 6.99. The van der Waals surface area contributed by atoms with Crippen molar-refractivity contribution in [3.63, 3.8) is 0 Å². The molecular formula is C17H17NO3S. The first-order valence-corrected chi connectivity index (χ1v) is 8.25. The molecule has 0 radical (unpaired) electrons. The molecule has 3 atom stereocenters. The molecule has 0 amide bonds. The monoisotopic (exact) mass is 315 g/mol. The van der Waals surface area contributed by atoms with E-state index < -0.39 is 11.9 Å². The predicted octanol–water partition coefficient (Wildman–Crippen LogP) is 3.39. The van der Waals surface area contributed by atoms with Gasteiger partial charge in [-0.2, -0.15) is 0 Å². The van der Waals surface area contributed by atoms with E-state index >= 15 is 0 Å². The van der Waals surface area contributed by atoms with Gasteiger partial charge in [0, 0.05) is 29.5 Å². The van der Waals surface area contributed by atoms with Crippen molar-refractivity contribution in [2.45, 2.75) is 44.2 Å². The van der Waals surface area contributed by atoms with Crippen LogP contribution >= 0.6 is 11.5 Å². The molecule has 0 N–H and O–H groups in total. The normalized spacial score (nSPS) is 29.7. The van der Waals surface area contributed by atoms with Crippen LogP contribution in [0.1, 0.15) is 31.7 Å². The van der Waals surface area contributed by atoms with Gasteiger partial charge in [-0.3, -0.25) is 4.79 Å². The van der Waals surface area contributed by atoms with Crippen molar-refractivity contribution in [1.82, 2.24) is 4.37 Å². The van der Waals surface area contributed by atoms with Crippen LogP contribution in [0, 0.1) is 0 Å². The fourth-order valence-corrected chi connectivity index (χ4v) is 3.93. The van der Waals surface area contributed by atoms with E-state index in [9.17, 15) is 4.79 Å². The van der Waals surface area contributed by atoms with E-state index in [1.807, 2.05) is 31.5 Å². The van der Waals surface area contributed by atoms with Gasteiger partial charge in [-0.1, -0.05) is 24.3 Å². The summed E-state index contributed by atoms with van der Waals surface area (Å²) >= 11 is 1.44. The minimum absolute atomic E-state index is 0.0609. The van der Waals surface area contributed by atoms with Gasteiger partial charge in [0.2, 0.25) is 0 Å². The van der Waals surface area contributed by atoms with Crippen LogP contribution in [-0.4, -0.2) is 28.2 Å². The smallest absolute Gasteiger partial charge is 0.165 e. The summed E-state index contributed by atoms with van der Waals surface area (Å²) in [6.07, 6.45) is 1.74. The summed E-state index contributed by atoms with van der Waals surface area (Å²) in [5.41, 5.74) is 3.36. The zero-order chi connectivity index (χ0) is 15.3. The van der Waals surface area contributed by atoms with E-state index in [0.717, 1.165) is 16.7 Å². The fourth-order valence-electron chi connectivity index (χ4n) is 3.39. The first-order chi connectivity index (χ1) is 10.5. The molecule has 4 nitrogen and oxygen atoms in total. The summed E-state index contributed by atoms with van der Waals surface area (Å²) in [5.74, 6) is -0.479. The fraction of sp³-hybridized carbons (Fsp3) is 0.412. The maximum Gasteiger partial charge on any atom is 0.165 e. The zero-order valence-electron chi connectivity index (χ0n) is 12.5. The molecule has 1 aliphatic heterocycles. The Hall–Kier alpha value is -1.56. The molecular weight excluding hydrogens is 298 g/mol. The maximum atomic E-state index is 12.2. The molecule has 1 aliphatic carbocycles. The molecule has 5 heteroatoms. The topological polar surface area (TPSA) is 48.4 Å². The first-order valence-electron chi connectivity index (χ1n) is 7.41. The number of carbonyl (C=O) groups excluding carboxylic acids is 1. The number of hydrogen-bond donors (Lipinski definition) is 0.